The average Bonchev–Trinajstić information content (AvgIpc) is 3.24. The van der Waals surface area contributed by atoms with Crippen molar-refractivity contribution in [3.63, 3.8) is 0 Å². The molecule has 1 aliphatic carbocycles. The van der Waals surface area contributed by atoms with E-state index in [4.69, 9.17) is 0 Å². The molecule has 3 amide bonds. The fourth-order valence-electron chi connectivity index (χ4n) is 2.60. The predicted octanol–water partition coefficient (Wildman–Crippen LogP) is 0.269. The van der Waals surface area contributed by atoms with Crippen molar-refractivity contribution >= 4 is 11.9 Å². The van der Waals surface area contributed by atoms with Crippen molar-refractivity contribution in [2.75, 3.05) is 40.3 Å². The third-order valence-corrected chi connectivity index (χ3v) is 4.45. The molecular weight excluding hydrogens is 258 g/mol. The smallest absolute Gasteiger partial charge is 0.319 e. The number of amides is 3. The van der Waals surface area contributed by atoms with Gasteiger partial charge in [0.2, 0.25) is 5.91 Å². The van der Waals surface area contributed by atoms with Gasteiger partial charge in [-0.2, -0.15) is 0 Å². The van der Waals surface area contributed by atoms with Gasteiger partial charge in [-0.05, 0) is 25.7 Å². The summed E-state index contributed by atoms with van der Waals surface area (Å²) in [6, 6.07) is 0.0149. The summed E-state index contributed by atoms with van der Waals surface area (Å²) in [5.41, 5.74) is -0.0444. The standard InChI is InChI=1S/C14H25N3O3/c1-16(2)13(20)17-7-3-11(4-8-17)12(19)15-9-14(10-18)5-6-14/h11,18H,3-10H2,1-2H3,(H,15,19). The van der Waals surface area contributed by atoms with Crippen LogP contribution in [-0.2, 0) is 4.79 Å². The maximum absolute atomic E-state index is 12.1. The van der Waals surface area contributed by atoms with Crippen molar-refractivity contribution in [3.8, 4) is 0 Å². The van der Waals surface area contributed by atoms with Crippen LogP contribution in [0.25, 0.3) is 0 Å². The van der Waals surface area contributed by atoms with Crippen molar-refractivity contribution in [2.45, 2.75) is 25.7 Å². The van der Waals surface area contributed by atoms with Crippen LogP contribution in [0.3, 0.4) is 0 Å². The van der Waals surface area contributed by atoms with Crippen LogP contribution in [0.2, 0.25) is 0 Å². The van der Waals surface area contributed by atoms with E-state index in [1.54, 1.807) is 23.9 Å². The fraction of sp³-hybridized carbons (Fsp3) is 0.857. The van der Waals surface area contributed by atoms with E-state index < -0.39 is 0 Å². The molecule has 0 aromatic rings. The molecule has 1 saturated carbocycles. The number of likely N-dealkylation sites (tertiary alicyclic amines) is 1. The number of aliphatic hydroxyl groups excluding tert-OH is 1. The highest BCUT2D eigenvalue weighted by atomic mass is 16.3. The number of nitrogens with zero attached hydrogens (tertiary/aromatic N) is 2. The van der Waals surface area contributed by atoms with Crippen molar-refractivity contribution in [1.82, 2.24) is 15.1 Å². The van der Waals surface area contributed by atoms with Gasteiger partial charge in [-0.15, -0.1) is 0 Å². The van der Waals surface area contributed by atoms with Crippen LogP contribution in [0.4, 0.5) is 4.79 Å². The van der Waals surface area contributed by atoms with E-state index in [0.717, 1.165) is 25.7 Å². The van der Waals surface area contributed by atoms with Gasteiger partial charge in [-0.1, -0.05) is 0 Å². The lowest BCUT2D eigenvalue weighted by Gasteiger charge is -2.33. The second kappa shape index (κ2) is 5.99. The first-order valence-corrected chi connectivity index (χ1v) is 7.32. The van der Waals surface area contributed by atoms with Crippen molar-refractivity contribution in [3.05, 3.63) is 0 Å². The Morgan fingerprint density at radius 1 is 1.30 bits per heavy atom. The van der Waals surface area contributed by atoms with Crippen LogP contribution in [0.1, 0.15) is 25.7 Å². The molecular formula is C14H25N3O3. The second-order valence-electron chi connectivity index (χ2n) is 6.31. The zero-order chi connectivity index (χ0) is 14.8. The molecule has 0 radical (unpaired) electrons. The van der Waals surface area contributed by atoms with Crippen LogP contribution in [0.5, 0.6) is 0 Å². The van der Waals surface area contributed by atoms with E-state index in [9.17, 15) is 14.7 Å². The Balaban J connectivity index is 1.73. The fourth-order valence-corrected chi connectivity index (χ4v) is 2.60. The Morgan fingerprint density at radius 3 is 2.35 bits per heavy atom. The van der Waals surface area contributed by atoms with E-state index in [1.165, 1.54) is 0 Å². The Kier molecular flexibility index (Phi) is 4.52. The molecule has 0 bridgehead atoms. The van der Waals surface area contributed by atoms with Gasteiger partial charge in [0.1, 0.15) is 0 Å². The summed E-state index contributed by atoms with van der Waals surface area (Å²) in [6.45, 7) is 2.02. The molecule has 2 fully saturated rings. The lowest BCUT2D eigenvalue weighted by Crippen LogP contribution is -2.47. The number of hydrogen-bond acceptors (Lipinski definition) is 3. The van der Waals surface area contributed by atoms with Crippen LogP contribution >= 0.6 is 0 Å². The second-order valence-corrected chi connectivity index (χ2v) is 6.31. The SMILES string of the molecule is CN(C)C(=O)N1CCC(C(=O)NCC2(CO)CC2)CC1. The topological polar surface area (TPSA) is 72.9 Å². The van der Waals surface area contributed by atoms with E-state index in [0.29, 0.717) is 19.6 Å². The van der Waals surface area contributed by atoms with Crippen LogP contribution in [0.15, 0.2) is 0 Å². The van der Waals surface area contributed by atoms with Crippen molar-refractivity contribution in [2.24, 2.45) is 11.3 Å². The van der Waals surface area contributed by atoms with Gasteiger partial charge in [0.25, 0.3) is 0 Å². The largest absolute Gasteiger partial charge is 0.396 e. The summed E-state index contributed by atoms with van der Waals surface area (Å²) in [5.74, 6) is 0.0670. The van der Waals surface area contributed by atoms with Crippen LogP contribution in [-0.4, -0.2) is 67.2 Å². The van der Waals surface area contributed by atoms with Crippen molar-refractivity contribution < 1.29 is 14.7 Å². The molecule has 2 aliphatic rings. The Labute approximate surface area is 120 Å². The van der Waals surface area contributed by atoms with E-state index in [-0.39, 0.29) is 29.9 Å². The molecule has 0 unspecified atom stereocenters. The first-order valence-electron chi connectivity index (χ1n) is 7.32. The molecule has 0 atom stereocenters. The first kappa shape index (κ1) is 15.1. The molecule has 6 nitrogen and oxygen atoms in total. The summed E-state index contributed by atoms with van der Waals surface area (Å²) >= 11 is 0. The van der Waals surface area contributed by atoms with Gasteiger partial charge in [-0.3, -0.25) is 4.79 Å². The molecule has 2 rings (SSSR count). The number of hydrogen-bond donors (Lipinski definition) is 2. The average molecular weight is 283 g/mol. The highest BCUT2D eigenvalue weighted by Crippen LogP contribution is 2.44. The minimum atomic E-state index is -0.0444. The Hall–Kier alpha value is -1.30. The monoisotopic (exact) mass is 283 g/mol. The number of urea groups is 1. The molecule has 1 saturated heterocycles. The number of carbonyl (C=O) groups is 2. The third-order valence-electron chi connectivity index (χ3n) is 4.45. The maximum Gasteiger partial charge on any atom is 0.319 e. The van der Waals surface area contributed by atoms with E-state index in [2.05, 4.69) is 5.32 Å². The molecule has 0 aromatic carbocycles. The van der Waals surface area contributed by atoms with Gasteiger partial charge >= 0.3 is 6.03 Å². The maximum atomic E-state index is 12.1. The van der Waals surface area contributed by atoms with Crippen LogP contribution in [0, 0.1) is 11.3 Å². The normalized spacial score (nSPS) is 21.4. The van der Waals surface area contributed by atoms with E-state index >= 15 is 0 Å². The molecule has 0 spiro atoms. The van der Waals surface area contributed by atoms with Crippen LogP contribution < -0.4 is 5.32 Å². The predicted molar refractivity (Wildman–Crippen MR) is 75.1 cm³/mol. The lowest BCUT2D eigenvalue weighted by atomic mass is 9.95. The highest BCUT2D eigenvalue weighted by Gasteiger charge is 2.42. The minimum absolute atomic E-state index is 0.00398. The molecule has 1 heterocycles. The third kappa shape index (κ3) is 3.42. The number of aliphatic hydroxyl groups is 1. The summed E-state index contributed by atoms with van der Waals surface area (Å²) < 4.78 is 0. The number of carbonyl (C=O) groups excluding carboxylic acids is 2. The summed E-state index contributed by atoms with van der Waals surface area (Å²) in [7, 11) is 3.48. The first-order chi connectivity index (χ1) is 9.47. The Bertz CT molecular complexity index is 372. The number of nitrogens with one attached hydrogen (secondary N) is 1. The summed E-state index contributed by atoms with van der Waals surface area (Å²) in [5, 5.41) is 12.2. The quantitative estimate of drug-likeness (QED) is 0.778. The molecule has 1 aliphatic heterocycles. The molecule has 114 valence electrons. The zero-order valence-corrected chi connectivity index (χ0v) is 12.4. The van der Waals surface area contributed by atoms with Gasteiger partial charge < -0.3 is 20.2 Å². The van der Waals surface area contributed by atoms with Crippen molar-refractivity contribution in [1.29, 1.82) is 0 Å². The molecule has 20 heavy (non-hydrogen) atoms. The number of piperidine rings is 1. The molecule has 0 aromatic heterocycles. The molecule has 6 heteroatoms. The van der Waals surface area contributed by atoms with E-state index in [1.807, 2.05) is 0 Å². The zero-order valence-electron chi connectivity index (χ0n) is 12.4. The minimum Gasteiger partial charge on any atom is -0.396 e. The van der Waals surface area contributed by atoms with Gasteiger partial charge in [0.05, 0.1) is 6.61 Å². The summed E-state index contributed by atoms with van der Waals surface area (Å²) in [4.78, 5) is 27.3. The van der Waals surface area contributed by atoms with Gasteiger partial charge in [0.15, 0.2) is 0 Å². The Morgan fingerprint density at radius 2 is 1.90 bits per heavy atom. The highest BCUT2D eigenvalue weighted by molar-refractivity contribution is 5.79. The molecule has 2 N–H and O–H groups in total. The lowest BCUT2D eigenvalue weighted by molar-refractivity contribution is -0.126. The van der Waals surface area contributed by atoms with Gasteiger partial charge in [-0.25, -0.2) is 4.79 Å². The number of rotatable bonds is 4. The summed E-state index contributed by atoms with van der Waals surface area (Å²) in [6.07, 6.45) is 3.44. The van der Waals surface area contributed by atoms with Gasteiger partial charge in [0, 0.05) is 45.1 Å².